The van der Waals surface area contributed by atoms with Crippen LogP contribution in [0.1, 0.15) is 12.6 Å². The molecule has 0 saturated carbocycles. The summed E-state index contributed by atoms with van der Waals surface area (Å²) in [5.41, 5.74) is 1.43. The third kappa shape index (κ3) is 3.17. The van der Waals surface area contributed by atoms with Crippen LogP contribution in [-0.4, -0.2) is 25.0 Å². The fraction of sp³-hybridized carbons (Fsp3) is 0.308. The monoisotopic (exact) mass is 294 g/mol. The molecule has 2 heterocycles. The summed E-state index contributed by atoms with van der Waals surface area (Å²) in [5.74, 6) is 0. The topological polar surface area (TPSA) is 76.0 Å². The van der Waals surface area contributed by atoms with E-state index in [1.54, 1.807) is 36.8 Å². The second-order valence-electron chi connectivity index (χ2n) is 4.32. The molecule has 0 spiro atoms. The number of anilines is 1. The Morgan fingerprint density at radius 1 is 1.30 bits per heavy atom. The summed E-state index contributed by atoms with van der Waals surface area (Å²) in [6.07, 6.45) is 4.74. The maximum Gasteiger partial charge on any atom is 0.263 e. The molecule has 0 fully saturated rings. The second kappa shape index (κ2) is 6.06. The van der Waals surface area contributed by atoms with Crippen molar-refractivity contribution in [1.82, 2.24) is 14.9 Å². The summed E-state index contributed by atoms with van der Waals surface area (Å²) in [4.78, 5) is 4.12. The lowest BCUT2D eigenvalue weighted by molar-refractivity contribution is 0.600. The van der Waals surface area contributed by atoms with Gasteiger partial charge in [0.25, 0.3) is 10.0 Å². The summed E-state index contributed by atoms with van der Waals surface area (Å²) >= 11 is 0. The summed E-state index contributed by atoms with van der Waals surface area (Å²) in [7, 11) is -1.74. The molecule has 0 aromatic carbocycles. The van der Waals surface area contributed by atoms with Gasteiger partial charge in [0.2, 0.25) is 0 Å². The fourth-order valence-corrected chi connectivity index (χ4v) is 3.05. The summed E-state index contributed by atoms with van der Waals surface area (Å²) < 4.78 is 29.1. The van der Waals surface area contributed by atoms with Crippen LogP contribution < -0.4 is 10.0 Å². The largest absolute Gasteiger partial charge is 0.349 e. The van der Waals surface area contributed by atoms with Crippen LogP contribution in [0.2, 0.25) is 0 Å². The molecule has 2 aromatic rings. The van der Waals surface area contributed by atoms with E-state index in [1.165, 1.54) is 0 Å². The van der Waals surface area contributed by atoms with Gasteiger partial charge in [-0.25, -0.2) is 8.42 Å². The Bertz CT molecular complexity index is 665. The van der Waals surface area contributed by atoms with Crippen molar-refractivity contribution in [2.45, 2.75) is 24.9 Å². The second-order valence-corrected chi connectivity index (χ2v) is 6.01. The van der Waals surface area contributed by atoms with Crippen molar-refractivity contribution < 1.29 is 8.42 Å². The molecule has 20 heavy (non-hydrogen) atoms. The van der Waals surface area contributed by atoms with Crippen molar-refractivity contribution in [2.24, 2.45) is 0 Å². The van der Waals surface area contributed by atoms with Crippen LogP contribution in [0.3, 0.4) is 0 Å². The van der Waals surface area contributed by atoms with E-state index in [9.17, 15) is 8.42 Å². The van der Waals surface area contributed by atoms with Gasteiger partial charge in [-0.15, -0.1) is 0 Å². The first-order valence-corrected chi connectivity index (χ1v) is 7.81. The summed E-state index contributed by atoms with van der Waals surface area (Å²) in [6, 6.07) is 4.91. The zero-order valence-electron chi connectivity index (χ0n) is 11.5. The Labute approximate surface area is 118 Å². The van der Waals surface area contributed by atoms with Crippen LogP contribution >= 0.6 is 0 Å². The van der Waals surface area contributed by atoms with Gasteiger partial charge < -0.3 is 9.88 Å². The molecule has 0 aliphatic rings. The standard InChI is InChI=1S/C13H18N4O2S/c1-3-17-10-13(8-12(17)9-14-2)20(18,19)16-11-4-6-15-7-5-11/h4-8,10,14H,3,9H2,1-2H3,(H,15,16). The molecule has 0 bridgehead atoms. The average Bonchev–Trinajstić information content (AvgIpc) is 2.84. The fourth-order valence-electron chi connectivity index (χ4n) is 1.93. The molecule has 0 saturated heterocycles. The van der Waals surface area contributed by atoms with Crippen molar-refractivity contribution in [3.63, 3.8) is 0 Å². The first kappa shape index (κ1) is 14.5. The van der Waals surface area contributed by atoms with Crippen molar-refractivity contribution in [3.8, 4) is 0 Å². The molecule has 2 N–H and O–H groups in total. The highest BCUT2D eigenvalue weighted by molar-refractivity contribution is 7.92. The van der Waals surface area contributed by atoms with E-state index in [4.69, 9.17) is 0 Å². The molecule has 2 rings (SSSR count). The Kier molecular flexibility index (Phi) is 4.41. The van der Waals surface area contributed by atoms with E-state index in [1.807, 2.05) is 18.5 Å². The highest BCUT2D eigenvalue weighted by Gasteiger charge is 2.18. The molecule has 7 heteroatoms. The van der Waals surface area contributed by atoms with Gasteiger partial charge in [0, 0.05) is 37.4 Å². The minimum atomic E-state index is -3.57. The van der Waals surface area contributed by atoms with Crippen LogP contribution in [0, 0.1) is 0 Å². The molecule has 0 unspecified atom stereocenters. The van der Waals surface area contributed by atoms with Crippen LogP contribution in [0.15, 0.2) is 41.7 Å². The van der Waals surface area contributed by atoms with E-state index >= 15 is 0 Å². The predicted octanol–water partition coefficient (Wildman–Crippen LogP) is 1.42. The van der Waals surface area contributed by atoms with Crippen LogP contribution in [0.25, 0.3) is 0 Å². The highest BCUT2D eigenvalue weighted by Crippen LogP contribution is 2.18. The number of hydrogen-bond acceptors (Lipinski definition) is 4. The molecular formula is C13H18N4O2S. The Morgan fingerprint density at radius 2 is 2.00 bits per heavy atom. The molecule has 6 nitrogen and oxygen atoms in total. The maximum absolute atomic E-state index is 12.3. The molecule has 0 amide bonds. The number of nitrogens with one attached hydrogen (secondary N) is 2. The van der Waals surface area contributed by atoms with Crippen LogP contribution in [-0.2, 0) is 23.1 Å². The molecule has 0 aliphatic carbocycles. The van der Waals surface area contributed by atoms with Crippen molar-refractivity contribution >= 4 is 15.7 Å². The quantitative estimate of drug-likeness (QED) is 0.845. The van der Waals surface area contributed by atoms with Gasteiger partial charge in [-0.1, -0.05) is 0 Å². The van der Waals surface area contributed by atoms with Gasteiger partial charge in [-0.05, 0) is 32.2 Å². The lowest BCUT2D eigenvalue weighted by atomic mass is 10.4. The molecule has 108 valence electrons. The van der Waals surface area contributed by atoms with E-state index in [0.717, 1.165) is 12.2 Å². The number of sulfonamides is 1. The third-order valence-corrected chi connectivity index (χ3v) is 4.25. The van der Waals surface area contributed by atoms with E-state index in [2.05, 4.69) is 15.0 Å². The van der Waals surface area contributed by atoms with Gasteiger partial charge in [-0.3, -0.25) is 9.71 Å². The van der Waals surface area contributed by atoms with Crippen LogP contribution in [0.4, 0.5) is 5.69 Å². The number of rotatable bonds is 6. The first-order valence-electron chi connectivity index (χ1n) is 6.33. The minimum Gasteiger partial charge on any atom is -0.349 e. The first-order chi connectivity index (χ1) is 9.56. The molecular weight excluding hydrogens is 276 g/mol. The van der Waals surface area contributed by atoms with Gasteiger partial charge in [-0.2, -0.15) is 0 Å². The minimum absolute atomic E-state index is 0.265. The van der Waals surface area contributed by atoms with Crippen molar-refractivity contribution in [1.29, 1.82) is 0 Å². The van der Waals surface area contributed by atoms with Gasteiger partial charge in [0.1, 0.15) is 4.90 Å². The highest BCUT2D eigenvalue weighted by atomic mass is 32.2. The van der Waals surface area contributed by atoms with E-state index in [0.29, 0.717) is 12.2 Å². The van der Waals surface area contributed by atoms with Crippen molar-refractivity contribution in [3.05, 3.63) is 42.5 Å². The number of aromatic nitrogens is 2. The molecule has 0 radical (unpaired) electrons. The number of pyridine rings is 1. The maximum atomic E-state index is 12.3. The van der Waals surface area contributed by atoms with Crippen LogP contribution in [0.5, 0.6) is 0 Å². The third-order valence-electron chi connectivity index (χ3n) is 2.90. The number of nitrogens with zero attached hydrogens (tertiary/aromatic N) is 2. The number of hydrogen-bond donors (Lipinski definition) is 2. The van der Waals surface area contributed by atoms with E-state index < -0.39 is 10.0 Å². The predicted molar refractivity (Wildman–Crippen MR) is 77.9 cm³/mol. The van der Waals surface area contributed by atoms with Gasteiger partial charge >= 0.3 is 0 Å². The Morgan fingerprint density at radius 3 is 2.60 bits per heavy atom. The molecule has 0 atom stereocenters. The molecule has 2 aromatic heterocycles. The van der Waals surface area contributed by atoms with Crippen molar-refractivity contribution in [2.75, 3.05) is 11.8 Å². The Hall–Kier alpha value is -1.86. The normalized spacial score (nSPS) is 11.5. The van der Waals surface area contributed by atoms with Gasteiger partial charge in [0.05, 0.1) is 5.69 Å². The van der Waals surface area contributed by atoms with Gasteiger partial charge in [0.15, 0.2) is 0 Å². The smallest absolute Gasteiger partial charge is 0.263 e. The zero-order chi connectivity index (χ0) is 14.6. The molecule has 0 aliphatic heterocycles. The Balaban J connectivity index is 2.30. The summed E-state index contributed by atoms with van der Waals surface area (Å²) in [6.45, 7) is 3.33. The zero-order valence-corrected chi connectivity index (χ0v) is 12.3. The summed E-state index contributed by atoms with van der Waals surface area (Å²) in [5, 5.41) is 3.03. The van der Waals surface area contributed by atoms with E-state index in [-0.39, 0.29) is 4.90 Å². The lowest BCUT2D eigenvalue weighted by Gasteiger charge is -2.05. The lowest BCUT2D eigenvalue weighted by Crippen LogP contribution is -2.12. The average molecular weight is 294 g/mol. The number of aryl methyl sites for hydroxylation is 1. The SMILES string of the molecule is CCn1cc(S(=O)(=O)Nc2ccncc2)cc1CNC.